The highest BCUT2D eigenvalue weighted by Gasteiger charge is 2.45. The van der Waals surface area contributed by atoms with E-state index in [0.717, 1.165) is 6.42 Å². The number of carbonyl (C=O) groups is 1. The topological polar surface area (TPSA) is 51.2 Å². The number of ketones is 1. The van der Waals surface area contributed by atoms with Crippen molar-refractivity contribution in [3.05, 3.63) is 35.1 Å². The van der Waals surface area contributed by atoms with E-state index in [1.165, 1.54) is 0 Å². The van der Waals surface area contributed by atoms with Crippen LogP contribution in [0.3, 0.4) is 0 Å². The Morgan fingerprint density at radius 1 is 1.23 bits per heavy atom. The third-order valence-electron chi connectivity index (χ3n) is 5.17. The SMILES string of the molecule is Cc1cccc(CC(=O)C2CC3CCCC(C2)S3(=O)=O)c1F. The van der Waals surface area contributed by atoms with Crippen LogP contribution in [0.25, 0.3) is 0 Å². The summed E-state index contributed by atoms with van der Waals surface area (Å²) in [7, 11) is -3.05. The van der Waals surface area contributed by atoms with Gasteiger partial charge < -0.3 is 0 Å². The van der Waals surface area contributed by atoms with Crippen molar-refractivity contribution >= 4 is 15.6 Å². The van der Waals surface area contributed by atoms with E-state index >= 15 is 0 Å². The van der Waals surface area contributed by atoms with E-state index in [1.807, 2.05) is 0 Å². The number of sulfone groups is 1. The van der Waals surface area contributed by atoms with Gasteiger partial charge in [-0.05, 0) is 43.7 Å². The Kier molecular flexibility index (Phi) is 4.10. The Balaban J connectivity index is 1.75. The fourth-order valence-corrected chi connectivity index (χ4v) is 6.38. The molecule has 2 aliphatic heterocycles. The molecule has 0 amide bonds. The average molecular weight is 324 g/mol. The van der Waals surface area contributed by atoms with Crippen LogP contribution in [0.1, 0.15) is 43.2 Å². The van der Waals surface area contributed by atoms with Crippen LogP contribution >= 0.6 is 0 Å². The van der Waals surface area contributed by atoms with Gasteiger partial charge >= 0.3 is 0 Å². The molecule has 0 aliphatic carbocycles. The molecule has 2 heterocycles. The minimum absolute atomic E-state index is 0.0173. The van der Waals surface area contributed by atoms with Crippen molar-refractivity contribution in [2.75, 3.05) is 0 Å². The first-order valence-electron chi connectivity index (χ1n) is 7.89. The molecule has 1 aromatic carbocycles. The summed E-state index contributed by atoms with van der Waals surface area (Å²) >= 11 is 0. The normalized spacial score (nSPS) is 30.0. The van der Waals surface area contributed by atoms with Crippen LogP contribution < -0.4 is 0 Å². The van der Waals surface area contributed by atoms with Gasteiger partial charge in [-0.25, -0.2) is 12.8 Å². The standard InChI is InChI=1S/C17H21FO3S/c1-11-4-2-5-12(17(11)18)10-16(19)13-8-14-6-3-7-15(9-13)22(14,20)21/h2,4-5,13-15H,3,6-10H2,1H3. The Morgan fingerprint density at radius 3 is 2.50 bits per heavy atom. The first kappa shape index (κ1) is 15.7. The Hall–Kier alpha value is -1.23. The number of hydrogen-bond donors (Lipinski definition) is 0. The quantitative estimate of drug-likeness (QED) is 0.859. The summed E-state index contributed by atoms with van der Waals surface area (Å²) in [5.74, 6) is -0.575. The zero-order valence-corrected chi connectivity index (χ0v) is 13.5. The van der Waals surface area contributed by atoms with Crippen LogP contribution in [0.5, 0.6) is 0 Å². The lowest BCUT2D eigenvalue weighted by Crippen LogP contribution is -2.45. The van der Waals surface area contributed by atoms with E-state index in [-0.39, 0.29) is 34.4 Å². The number of halogens is 1. The summed E-state index contributed by atoms with van der Waals surface area (Å²) in [6.07, 6.45) is 3.18. The molecule has 0 saturated carbocycles. The molecule has 22 heavy (non-hydrogen) atoms. The van der Waals surface area contributed by atoms with Crippen molar-refractivity contribution in [2.24, 2.45) is 5.92 Å². The van der Waals surface area contributed by atoms with Gasteiger partial charge in [-0.15, -0.1) is 0 Å². The van der Waals surface area contributed by atoms with Gasteiger partial charge in [-0.1, -0.05) is 24.6 Å². The van der Waals surface area contributed by atoms with Crippen molar-refractivity contribution in [3.63, 3.8) is 0 Å². The van der Waals surface area contributed by atoms with Crippen LogP contribution in [0.15, 0.2) is 18.2 Å². The first-order chi connectivity index (χ1) is 10.4. The minimum Gasteiger partial charge on any atom is -0.299 e. The number of fused-ring (bicyclic) bond motifs is 2. The van der Waals surface area contributed by atoms with Crippen LogP contribution in [0.4, 0.5) is 4.39 Å². The number of rotatable bonds is 3. The molecule has 3 nitrogen and oxygen atoms in total. The molecule has 2 fully saturated rings. The van der Waals surface area contributed by atoms with Crippen molar-refractivity contribution in [3.8, 4) is 0 Å². The van der Waals surface area contributed by atoms with E-state index < -0.39 is 9.84 Å². The average Bonchev–Trinajstić information content (AvgIpc) is 2.42. The van der Waals surface area contributed by atoms with E-state index in [4.69, 9.17) is 0 Å². The largest absolute Gasteiger partial charge is 0.299 e. The van der Waals surface area contributed by atoms with Gasteiger partial charge in [0.05, 0.1) is 10.5 Å². The van der Waals surface area contributed by atoms with Gasteiger partial charge in [-0.2, -0.15) is 0 Å². The van der Waals surface area contributed by atoms with Gasteiger partial charge in [-0.3, -0.25) is 4.79 Å². The highest BCUT2D eigenvalue weighted by molar-refractivity contribution is 7.92. The summed E-state index contributed by atoms with van der Waals surface area (Å²) in [5.41, 5.74) is 0.956. The summed E-state index contributed by atoms with van der Waals surface area (Å²) in [4.78, 5) is 12.5. The van der Waals surface area contributed by atoms with Gasteiger partial charge in [0.15, 0.2) is 9.84 Å². The molecule has 5 heteroatoms. The summed E-state index contributed by atoms with van der Waals surface area (Å²) in [5, 5.41) is -0.729. The predicted molar refractivity (Wildman–Crippen MR) is 82.9 cm³/mol. The lowest BCUT2D eigenvalue weighted by atomic mass is 9.84. The van der Waals surface area contributed by atoms with Crippen LogP contribution in [0.2, 0.25) is 0 Å². The van der Waals surface area contributed by atoms with Crippen LogP contribution in [0, 0.1) is 18.7 Å². The smallest absolute Gasteiger partial charge is 0.156 e. The summed E-state index contributed by atoms with van der Waals surface area (Å²) in [6.45, 7) is 1.68. The van der Waals surface area contributed by atoms with Crippen molar-refractivity contribution in [1.29, 1.82) is 0 Å². The van der Waals surface area contributed by atoms with E-state index in [2.05, 4.69) is 0 Å². The minimum atomic E-state index is -3.05. The molecule has 1 aromatic rings. The number of Topliss-reactive ketones (excluding diaryl/α,β-unsaturated/α-hetero) is 1. The van der Waals surface area contributed by atoms with Crippen LogP contribution in [-0.4, -0.2) is 24.7 Å². The molecule has 2 unspecified atom stereocenters. The zero-order chi connectivity index (χ0) is 15.9. The molecule has 0 spiro atoms. The van der Waals surface area contributed by atoms with Gasteiger partial charge in [0.2, 0.25) is 0 Å². The van der Waals surface area contributed by atoms with E-state index in [0.29, 0.717) is 36.8 Å². The molecule has 0 radical (unpaired) electrons. The molecule has 0 aromatic heterocycles. The molecule has 120 valence electrons. The Morgan fingerprint density at radius 2 is 1.86 bits per heavy atom. The van der Waals surface area contributed by atoms with Gasteiger partial charge in [0.1, 0.15) is 11.6 Å². The first-order valence-corrected chi connectivity index (χ1v) is 9.50. The maximum Gasteiger partial charge on any atom is 0.156 e. The Bertz CT molecular complexity index is 676. The third-order valence-corrected chi connectivity index (χ3v) is 7.88. The molecule has 3 rings (SSSR count). The molecule has 2 aliphatic rings. The molecular weight excluding hydrogens is 303 g/mol. The molecule has 2 saturated heterocycles. The predicted octanol–water partition coefficient (Wildman–Crippen LogP) is 2.99. The van der Waals surface area contributed by atoms with Crippen molar-refractivity contribution < 1.29 is 17.6 Å². The fraction of sp³-hybridized carbons (Fsp3) is 0.588. The number of aryl methyl sites for hydroxylation is 1. The maximum absolute atomic E-state index is 14.0. The molecule has 0 N–H and O–H groups in total. The summed E-state index contributed by atoms with van der Waals surface area (Å²) < 4.78 is 38.5. The number of carbonyl (C=O) groups excluding carboxylic acids is 1. The molecule has 2 bridgehead atoms. The number of benzene rings is 1. The van der Waals surface area contributed by atoms with Gasteiger partial charge in [0.25, 0.3) is 0 Å². The summed E-state index contributed by atoms with van der Waals surface area (Å²) in [6, 6.07) is 5.07. The lowest BCUT2D eigenvalue weighted by Gasteiger charge is -2.38. The maximum atomic E-state index is 14.0. The second-order valence-electron chi connectivity index (χ2n) is 6.62. The third kappa shape index (κ3) is 2.71. The second kappa shape index (κ2) is 5.76. The highest BCUT2D eigenvalue weighted by atomic mass is 32.2. The Labute approximate surface area is 130 Å². The van der Waals surface area contributed by atoms with E-state index in [1.54, 1.807) is 25.1 Å². The fourth-order valence-electron chi connectivity index (χ4n) is 3.85. The zero-order valence-electron chi connectivity index (χ0n) is 12.7. The second-order valence-corrected chi connectivity index (χ2v) is 9.13. The van der Waals surface area contributed by atoms with Crippen molar-refractivity contribution in [2.45, 2.75) is 55.9 Å². The lowest BCUT2D eigenvalue weighted by molar-refractivity contribution is -0.122. The highest BCUT2D eigenvalue weighted by Crippen LogP contribution is 2.40. The monoisotopic (exact) mass is 324 g/mol. The molecular formula is C17H21FO3S. The number of hydrogen-bond acceptors (Lipinski definition) is 3. The van der Waals surface area contributed by atoms with E-state index in [9.17, 15) is 17.6 Å². The molecule has 2 atom stereocenters. The van der Waals surface area contributed by atoms with Crippen LogP contribution in [-0.2, 0) is 21.1 Å². The van der Waals surface area contributed by atoms with Gasteiger partial charge in [0, 0.05) is 12.3 Å². The van der Waals surface area contributed by atoms with Crippen molar-refractivity contribution in [1.82, 2.24) is 0 Å².